The number of imidazole rings is 1. The van der Waals surface area contributed by atoms with E-state index in [1.807, 2.05) is 43.1 Å². The second kappa shape index (κ2) is 3.49. The highest BCUT2D eigenvalue weighted by atomic mass is 15.2. The second-order valence-electron chi connectivity index (χ2n) is 3.03. The number of aryl methyl sites for hydroxylation is 1. The van der Waals surface area contributed by atoms with Gasteiger partial charge in [0.15, 0.2) is 0 Å². The lowest BCUT2D eigenvalue weighted by atomic mass is 10.3. The molecular weight excluding hydrogens is 176 g/mol. The lowest BCUT2D eigenvalue weighted by molar-refractivity contribution is 1.03. The van der Waals surface area contributed by atoms with Crippen LogP contribution in [0.5, 0.6) is 0 Å². The van der Waals surface area contributed by atoms with Gasteiger partial charge in [-0.2, -0.15) is 0 Å². The molecule has 2 heterocycles. The van der Waals surface area contributed by atoms with Gasteiger partial charge in [-0.1, -0.05) is 0 Å². The van der Waals surface area contributed by atoms with Gasteiger partial charge in [-0.05, 0) is 19.1 Å². The maximum atomic E-state index is 4.23. The Bertz CT molecular complexity index is 416. The highest BCUT2D eigenvalue weighted by molar-refractivity contribution is 5.39. The Balaban J connectivity index is 2.44. The quantitative estimate of drug-likeness (QED) is 0.778. The van der Waals surface area contributed by atoms with Gasteiger partial charge in [-0.3, -0.25) is 9.55 Å². The summed E-state index contributed by atoms with van der Waals surface area (Å²) in [5.74, 6) is 0.815. The average molecular weight is 188 g/mol. The molecule has 0 unspecified atom stereocenters. The SMILES string of the molecule is CNc1nccn1-c1ccc(C)nc1. The first kappa shape index (κ1) is 8.74. The van der Waals surface area contributed by atoms with Gasteiger partial charge in [0.25, 0.3) is 0 Å². The van der Waals surface area contributed by atoms with Crippen molar-refractivity contribution in [2.45, 2.75) is 6.92 Å². The number of aromatic nitrogens is 3. The maximum absolute atomic E-state index is 4.23. The predicted molar refractivity (Wildman–Crippen MR) is 55.6 cm³/mol. The third kappa shape index (κ3) is 1.46. The van der Waals surface area contributed by atoms with E-state index in [-0.39, 0.29) is 0 Å². The van der Waals surface area contributed by atoms with Gasteiger partial charge in [-0.15, -0.1) is 0 Å². The fourth-order valence-corrected chi connectivity index (χ4v) is 1.30. The van der Waals surface area contributed by atoms with Gasteiger partial charge in [0.2, 0.25) is 5.95 Å². The van der Waals surface area contributed by atoms with Gasteiger partial charge in [0.05, 0.1) is 11.9 Å². The van der Waals surface area contributed by atoms with Crippen molar-refractivity contribution in [2.24, 2.45) is 0 Å². The zero-order chi connectivity index (χ0) is 9.97. The molecule has 2 aromatic rings. The highest BCUT2D eigenvalue weighted by Crippen LogP contribution is 2.12. The van der Waals surface area contributed by atoms with Crippen LogP contribution in [0.15, 0.2) is 30.7 Å². The van der Waals surface area contributed by atoms with Crippen LogP contribution in [0, 0.1) is 6.92 Å². The maximum Gasteiger partial charge on any atom is 0.207 e. The van der Waals surface area contributed by atoms with Crippen LogP contribution in [0.4, 0.5) is 5.95 Å². The third-order valence-corrected chi connectivity index (χ3v) is 2.04. The Labute approximate surface area is 82.6 Å². The molecule has 4 nitrogen and oxygen atoms in total. The van der Waals surface area contributed by atoms with E-state index in [4.69, 9.17) is 0 Å². The molecule has 0 radical (unpaired) electrons. The first-order valence-corrected chi connectivity index (χ1v) is 4.45. The molecule has 0 aliphatic carbocycles. The first-order valence-electron chi connectivity index (χ1n) is 4.45. The van der Waals surface area contributed by atoms with Gasteiger partial charge < -0.3 is 5.32 Å². The number of nitrogens with zero attached hydrogens (tertiary/aromatic N) is 3. The van der Waals surface area contributed by atoms with E-state index in [0.29, 0.717) is 0 Å². The summed E-state index contributed by atoms with van der Waals surface area (Å²) in [7, 11) is 1.85. The minimum absolute atomic E-state index is 0.815. The van der Waals surface area contributed by atoms with Crippen molar-refractivity contribution in [2.75, 3.05) is 12.4 Å². The van der Waals surface area contributed by atoms with Gasteiger partial charge in [0, 0.05) is 25.1 Å². The van der Waals surface area contributed by atoms with Crippen LogP contribution in [0.2, 0.25) is 0 Å². The molecule has 0 spiro atoms. The largest absolute Gasteiger partial charge is 0.358 e. The van der Waals surface area contributed by atoms with E-state index >= 15 is 0 Å². The number of nitrogens with one attached hydrogen (secondary N) is 1. The summed E-state index contributed by atoms with van der Waals surface area (Å²) in [5, 5.41) is 3.01. The van der Waals surface area contributed by atoms with Gasteiger partial charge in [0.1, 0.15) is 0 Å². The molecule has 14 heavy (non-hydrogen) atoms. The van der Waals surface area contributed by atoms with Crippen molar-refractivity contribution >= 4 is 5.95 Å². The monoisotopic (exact) mass is 188 g/mol. The van der Waals surface area contributed by atoms with Crippen molar-refractivity contribution in [3.63, 3.8) is 0 Å². The summed E-state index contributed by atoms with van der Waals surface area (Å²) in [5.41, 5.74) is 2.03. The predicted octanol–water partition coefficient (Wildman–Crippen LogP) is 1.62. The second-order valence-corrected chi connectivity index (χ2v) is 3.03. The van der Waals surface area contributed by atoms with Crippen LogP contribution in [0.1, 0.15) is 5.69 Å². The zero-order valence-electron chi connectivity index (χ0n) is 8.23. The number of anilines is 1. The Kier molecular flexibility index (Phi) is 2.18. The summed E-state index contributed by atoms with van der Waals surface area (Å²) < 4.78 is 1.95. The van der Waals surface area contributed by atoms with Crippen molar-refractivity contribution in [1.82, 2.24) is 14.5 Å². The zero-order valence-corrected chi connectivity index (χ0v) is 8.23. The first-order chi connectivity index (χ1) is 6.81. The van der Waals surface area contributed by atoms with E-state index in [0.717, 1.165) is 17.3 Å². The van der Waals surface area contributed by atoms with Crippen molar-refractivity contribution in [3.05, 3.63) is 36.4 Å². The van der Waals surface area contributed by atoms with Crippen molar-refractivity contribution in [1.29, 1.82) is 0 Å². The van der Waals surface area contributed by atoms with Crippen LogP contribution in [-0.2, 0) is 0 Å². The Morgan fingerprint density at radius 3 is 2.79 bits per heavy atom. The number of rotatable bonds is 2. The van der Waals surface area contributed by atoms with E-state index in [1.54, 1.807) is 6.20 Å². The van der Waals surface area contributed by atoms with Gasteiger partial charge >= 0.3 is 0 Å². The molecule has 2 rings (SSSR count). The fraction of sp³-hybridized carbons (Fsp3) is 0.200. The van der Waals surface area contributed by atoms with E-state index < -0.39 is 0 Å². The van der Waals surface area contributed by atoms with E-state index in [1.165, 1.54) is 0 Å². The molecule has 2 aromatic heterocycles. The molecule has 0 aliphatic heterocycles. The average Bonchev–Trinajstić information content (AvgIpc) is 2.67. The number of hydrogen-bond donors (Lipinski definition) is 1. The molecule has 0 amide bonds. The summed E-state index contributed by atoms with van der Waals surface area (Å²) in [6.45, 7) is 1.97. The molecule has 1 N–H and O–H groups in total. The lowest BCUT2D eigenvalue weighted by Gasteiger charge is -2.06. The molecule has 0 atom stereocenters. The van der Waals surface area contributed by atoms with Crippen LogP contribution in [0.25, 0.3) is 5.69 Å². The van der Waals surface area contributed by atoms with Crippen molar-refractivity contribution < 1.29 is 0 Å². The Hall–Kier alpha value is -1.84. The molecule has 0 saturated heterocycles. The summed E-state index contributed by atoms with van der Waals surface area (Å²) in [6.07, 6.45) is 5.49. The smallest absolute Gasteiger partial charge is 0.207 e. The molecule has 0 aliphatic rings. The molecule has 72 valence electrons. The standard InChI is InChI=1S/C10H12N4/c1-8-3-4-9(7-13-8)14-6-5-12-10(14)11-2/h3-7H,1-2H3,(H,11,12). The summed E-state index contributed by atoms with van der Waals surface area (Å²) in [4.78, 5) is 8.39. The molecule has 0 aromatic carbocycles. The normalized spacial score (nSPS) is 10.1. The van der Waals surface area contributed by atoms with E-state index in [2.05, 4.69) is 15.3 Å². The fourth-order valence-electron chi connectivity index (χ4n) is 1.30. The number of hydrogen-bond acceptors (Lipinski definition) is 3. The lowest BCUT2D eigenvalue weighted by Crippen LogP contribution is -2.00. The topological polar surface area (TPSA) is 42.7 Å². The van der Waals surface area contributed by atoms with Crippen molar-refractivity contribution in [3.8, 4) is 5.69 Å². The molecule has 4 heteroatoms. The van der Waals surface area contributed by atoms with Crippen LogP contribution < -0.4 is 5.32 Å². The van der Waals surface area contributed by atoms with Gasteiger partial charge in [-0.25, -0.2) is 4.98 Å². The Morgan fingerprint density at radius 2 is 2.14 bits per heavy atom. The molecule has 0 fully saturated rings. The van der Waals surface area contributed by atoms with Crippen LogP contribution in [0.3, 0.4) is 0 Å². The minimum atomic E-state index is 0.815. The molecule has 0 saturated carbocycles. The third-order valence-electron chi connectivity index (χ3n) is 2.04. The molecular formula is C10H12N4. The summed E-state index contributed by atoms with van der Waals surface area (Å²) in [6, 6.07) is 4.00. The van der Waals surface area contributed by atoms with E-state index in [9.17, 15) is 0 Å². The highest BCUT2D eigenvalue weighted by Gasteiger charge is 2.01. The minimum Gasteiger partial charge on any atom is -0.358 e. The Morgan fingerprint density at radius 1 is 1.29 bits per heavy atom. The number of pyridine rings is 1. The molecule has 0 bridgehead atoms. The van der Waals surface area contributed by atoms with Crippen LogP contribution >= 0.6 is 0 Å². The summed E-state index contributed by atoms with van der Waals surface area (Å²) >= 11 is 0. The van der Waals surface area contributed by atoms with Crippen LogP contribution in [-0.4, -0.2) is 21.6 Å².